The van der Waals surface area contributed by atoms with E-state index in [1.807, 2.05) is 36.4 Å². The van der Waals surface area contributed by atoms with Crippen molar-refractivity contribution in [1.29, 1.82) is 0 Å². The number of benzene rings is 3. The zero-order chi connectivity index (χ0) is 23.4. The number of halogens is 1. The minimum absolute atomic E-state index is 0.118. The molecule has 0 bridgehead atoms. The lowest BCUT2D eigenvalue weighted by Gasteiger charge is -2.10. The Bertz CT molecular complexity index is 1260. The number of nitrogens with one attached hydrogen (secondary N) is 1. The Labute approximate surface area is 198 Å². The molecule has 1 atom stereocenters. The monoisotopic (exact) mass is 462 g/mol. The molecule has 6 heteroatoms. The van der Waals surface area contributed by atoms with Gasteiger partial charge < -0.3 is 14.5 Å². The number of anilines is 1. The average Bonchev–Trinajstić information content (AvgIpc) is 3.27. The molecule has 0 aliphatic rings. The van der Waals surface area contributed by atoms with E-state index in [2.05, 4.69) is 43.2 Å². The van der Waals surface area contributed by atoms with Crippen LogP contribution in [0.5, 0.6) is 5.75 Å². The fourth-order valence-electron chi connectivity index (χ4n) is 3.52. The molecule has 0 saturated heterocycles. The van der Waals surface area contributed by atoms with Crippen LogP contribution in [0.3, 0.4) is 0 Å². The molecular weight excluding hydrogens is 436 g/mol. The molecule has 1 N–H and O–H groups in total. The molecule has 0 aliphatic carbocycles. The molecule has 1 unspecified atom stereocenters. The summed E-state index contributed by atoms with van der Waals surface area (Å²) >= 11 is 6.32. The molecule has 170 valence electrons. The smallest absolute Gasteiger partial charge is 0.262 e. The van der Waals surface area contributed by atoms with Crippen LogP contribution in [0.4, 0.5) is 5.69 Å². The predicted octanol–water partition coefficient (Wildman–Crippen LogP) is 7.24. The summed E-state index contributed by atoms with van der Waals surface area (Å²) in [6.07, 6.45) is 2.01. The highest BCUT2D eigenvalue weighted by Gasteiger charge is 2.14. The highest BCUT2D eigenvalue weighted by molar-refractivity contribution is 6.33. The Morgan fingerprint density at radius 1 is 1.09 bits per heavy atom. The second-order valence-corrected chi connectivity index (χ2v) is 8.49. The quantitative estimate of drug-likeness (QED) is 0.299. The maximum absolute atomic E-state index is 12.4. The number of nitrogens with zero attached hydrogens (tertiary/aromatic N) is 1. The molecule has 33 heavy (non-hydrogen) atoms. The van der Waals surface area contributed by atoms with Crippen LogP contribution < -0.4 is 10.1 Å². The molecule has 4 aromatic rings. The number of rotatable bonds is 8. The van der Waals surface area contributed by atoms with Crippen LogP contribution in [0.2, 0.25) is 5.02 Å². The molecule has 3 aromatic carbocycles. The van der Waals surface area contributed by atoms with Gasteiger partial charge in [-0.3, -0.25) is 4.79 Å². The van der Waals surface area contributed by atoms with E-state index >= 15 is 0 Å². The summed E-state index contributed by atoms with van der Waals surface area (Å²) in [6, 6.07) is 19.1. The Morgan fingerprint density at radius 3 is 2.61 bits per heavy atom. The van der Waals surface area contributed by atoms with E-state index in [4.69, 9.17) is 20.8 Å². The van der Waals surface area contributed by atoms with E-state index in [1.54, 1.807) is 12.1 Å². The third-order valence-electron chi connectivity index (χ3n) is 5.78. The Morgan fingerprint density at radius 2 is 1.88 bits per heavy atom. The topological polar surface area (TPSA) is 64.4 Å². The summed E-state index contributed by atoms with van der Waals surface area (Å²) < 4.78 is 11.5. The summed E-state index contributed by atoms with van der Waals surface area (Å²) in [4.78, 5) is 17.1. The van der Waals surface area contributed by atoms with Crippen molar-refractivity contribution in [2.75, 3.05) is 11.9 Å². The number of amides is 1. The van der Waals surface area contributed by atoms with E-state index in [9.17, 15) is 4.79 Å². The van der Waals surface area contributed by atoms with Crippen molar-refractivity contribution in [3.63, 3.8) is 0 Å². The van der Waals surface area contributed by atoms with Gasteiger partial charge in [0.1, 0.15) is 11.3 Å². The Balaban J connectivity index is 1.48. The van der Waals surface area contributed by atoms with Crippen LogP contribution >= 0.6 is 11.6 Å². The number of carbonyl (C=O) groups is 1. The third kappa shape index (κ3) is 5.37. The minimum Gasteiger partial charge on any atom is -0.484 e. The van der Waals surface area contributed by atoms with Gasteiger partial charge in [-0.2, -0.15) is 0 Å². The maximum Gasteiger partial charge on any atom is 0.262 e. The highest BCUT2D eigenvalue weighted by atomic mass is 35.5. The van der Waals surface area contributed by atoms with Gasteiger partial charge in [0, 0.05) is 5.56 Å². The average molecular weight is 463 g/mol. The van der Waals surface area contributed by atoms with Crippen LogP contribution in [0.25, 0.3) is 22.6 Å². The molecule has 4 rings (SSSR count). The Hall–Kier alpha value is -3.31. The number of carbonyl (C=O) groups excluding carboxylic acids is 1. The zero-order valence-electron chi connectivity index (χ0n) is 19.0. The highest BCUT2D eigenvalue weighted by Crippen LogP contribution is 2.31. The third-order valence-corrected chi connectivity index (χ3v) is 6.11. The van der Waals surface area contributed by atoms with E-state index in [-0.39, 0.29) is 12.5 Å². The molecule has 5 nitrogen and oxygen atoms in total. The fraction of sp³-hybridized carbons (Fsp3) is 0.259. The second kappa shape index (κ2) is 10.1. The van der Waals surface area contributed by atoms with Gasteiger partial charge in [0.25, 0.3) is 5.91 Å². The zero-order valence-corrected chi connectivity index (χ0v) is 19.8. The van der Waals surface area contributed by atoms with Crippen molar-refractivity contribution in [2.45, 2.75) is 39.5 Å². The van der Waals surface area contributed by atoms with E-state index in [1.165, 1.54) is 11.1 Å². The van der Waals surface area contributed by atoms with Crippen LogP contribution in [0.15, 0.2) is 65.1 Å². The molecule has 1 aromatic heterocycles. The van der Waals surface area contributed by atoms with E-state index in [0.717, 1.165) is 29.5 Å². The number of oxazole rings is 1. The first-order valence-electron chi connectivity index (χ1n) is 11.2. The summed E-state index contributed by atoms with van der Waals surface area (Å²) in [5.74, 6) is 1.28. The predicted molar refractivity (Wildman–Crippen MR) is 133 cm³/mol. The number of hydrogen-bond acceptors (Lipinski definition) is 4. The minimum atomic E-state index is -0.302. The molecule has 0 saturated carbocycles. The summed E-state index contributed by atoms with van der Waals surface area (Å²) in [7, 11) is 0. The largest absolute Gasteiger partial charge is 0.484 e. The molecule has 0 spiro atoms. The summed E-state index contributed by atoms with van der Waals surface area (Å²) in [5, 5.41) is 3.24. The van der Waals surface area contributed by atoms with Crippen molar-refractivity contribution >= 4 is 34.3 Å². The van der Waals surface area contributed by atoms with Gasteiger partial charge >= 0.3 is 0 Å². The van der Waals surface area contributed by atoms with Crippen LogP contribution in [0.1, 0.15) is 44.2 Å². The molecule has 0 radical (unpaired) electrons. The van der Waals surface area contributed by atoms with E-state index < -0.39 is 0 Å². The fourth-order valence-corrected chi connectivity index (χ4v) is 3.69. The van der Waals surface area contributed by atoms with Gasteiger partial charge in [-0.15, -0.1) is 0 Å². The molecule has 0 aliphatic heterocycles. The van der Waals surface area contributed by atoms with Crippen LogP contribution in [-0.4, -0.2) is 17.5 Å². The van der Waals surface area contributed by atoms with Gasteiger partial charge in [0.05, 0.1) is 10.7 Å². The van der Waals surface area contributed by atoms with Crippen molar-refractivity contribution in [3.05, 3.63) is 76.8 Å². The number of ether oxygens (including phenoxy) is 1. The number of hydrogen-bond donors (Lipinski definition) is 1. The maximum atomic E-state index is 12.4. The lowest BCUT2D eigenvalue weighted by molar-refractivity contribution is -0.118. The SMILES string of the molecule is CCc1ccc(OCC(=O)Nc2cc(-c3nc4cc(C(C)CC)ccc4o3)ccc2Cl)cc1. The number of fused-ring (bicyclic) bond motifs is 1. The molecule has 0 fully saturated rings. The number of aryl methyl sites for hydroxylation is 1. The first-order chi connectivity index (χ1) is 16.0. The van der Waals surface area contributed by atoms with Gasteiger partial charge in [-0.05, 0) is 72.4 Å². The van der Waals surface area contributed by atoms with Crippen molar-refractivity contribution in [1.82, 2.24) is 4.98 Å². The van der Waals surface area contributed by atoms with Gasteiger partial charge in [-0.25, -0.2) is 4.98 Å². The van der Waals surface area contributed by atoms with Crippen LogP contribution in [0, 0.1) is 0 Å². The molecule has 1 amide bonds. The van der Waals surface area contributed by atoms with Crippen LogP contribution in [-0.2, 0) is 11.2 Å². The first kappa shape index (κ1) is 22.9. The second-order valence-electron chi connectivity index (χ2n) is 8.08. The molecule has 1 heterocycles. The Kier molecular flexibility index (Phi) is 6.99. The first-order valence-corrected chi connectivity index (χ1v) is 11.6. The van der Waals surface area contributed by atoms with Gasteiger partial charge in [0.15, 0.2) is 12.2 Å². The van der Waals surface area contributed by atoms with Crippen molar-refractivity contribution in [3.8, 4) is 17.2 Å². The lowest BCUT2D eigenvalue weighted by atomic mass is 9.98. The normalized spacial score (nSPS) is 12.0. The summed E-state index contributed by atoms with van der Waals surface area (Å²) in [5.41, 5.74) is 5.19. The van der Waals surface area contributed by atoms with E-state index in [0.29, 0.717) is 28.3 Å². The molecular formula is C27H27ClN2O3. The number of aromatic nitrogens is 1. The lowest BCUT2D eigenvalue weighted by Crippen LogP contribution is -2.20. The standard InChI is InChI=1S/C27H27ClN2O3/c1-4-17(3)19-9-13-25-24(14-19)30-27(33-25)20-8-12-22(28)23(15-20)29-26(31)16-32-21-10-6-18(5-2)7-11-21/h6-15,17H,4-5,16H2,1-3H3,(H,29,31). The van der Waals surface area contributed by atoms with Crippen molar-refractivity contribution < 1.29 is 13.9 Å². The van der Waals surface area contributed by atoms with Crippen molar-refractivity contribution in [2.24, 2.45) is 0 Å². The van der Waals surface area contributed by atoms with Gasteiger partial charge in [-0.1, -0.05) is 50.6 Å². The summed E-state index contributed by atoms with van der Waals surface area (Å²) in [6.45, 7) is 6.33. The van der Waals surface area contributed by atoms with Gasteiger partial charge in [0.2, 0.25) is 5.89 Å².